The van der Waals surface area contributed by atoms with Gasteiger partial charge in [-0.1, -0.05) is 54.6 Å². The number of aliphatic hydroxyl groups excluding tert-OH is 1. The Balaban J connectivity index is 2.45. The van der Waals surface area contributed by atoms with Crippen LogP contribution in [0.3, 0.4) is 0 Å². The Labute approximate surface area is 338 Å². The average Bonchev–Trinajstić information content (AvgIpc) is 3.09. The molecule has 11 heteroatoms. The standard InChI is InChI=1S/C45H74N2O9/c1-42(2,3)55-40(51)46(32-34-48)44(7,8)30-24-17-13-11-15-22-28-38(49)53-35-33-47(41(52)56-43(4,5)6)45(9,10)31-25-18-14-12-16-23-29-39(50)54-36-37-26-20-19-21-27-37/h11-14,19-21,26-27,48H,15-18,22-25,28-36H2,1-10H3/b13-11-,14-12-. The second kappa shape index (κ2) is 25.4. The summed E-state index contributed by atoms with van der Waals surface area (Å²) in [6, 6.07) is 9.64. The van der Waals surface area contributed by atoms with Crippen molar-refractivity contribution < 1.29 is 43.2 Å². The van der Waals surface area contributed by atoms with Gasteiger partial charge in [0, 0.05) is 30.5 Å². The van der Waals surface area contributed by atoms with E-state index in [1.54, 1.807) is 9.80 Å². The van der Waals surface area contributed by atoms with Crippen LogP contribution >= 0.6 is 0 Å². The Morgan fingerprint density at radius 2 is 1.00 bits per heavy atom. The van der Waals surface area contributed by atoms with Crippen molar-refractivity contribution in [2.45, 2.75) is 175 Å². The molecule has 11 nitrogen and oxygen atoms in total. The molecule has 0 heterocycles. The molecule has 0 aliphatic rings. The molecule has 0 aliphatic heterocycles. The molecule has 0 unspecified atom stereocenters. The van der Waals surface area contributed by atoms with E-state index >= 15 is 0 Å². The van der Waals surface area contributed by atoms with Crippen LogP contribution in [0.4, 0.5) is 9.59 Å². The van der Waals surface area contributed by atoms with Gasteiger partial charge >= 0.3 is 24.1 Å². The van der Waals surface area contributed by atoms with Crippen LogP contribution in [0.2, 0.25) is 0 Å². The lowest BCUT2D eigenvalue weighted by Gasteiger charge is -2.39. The predicted molar refractivity (Wildman–Crippen MR) is 222 cm³/mol. The summed E-state index contributed by atoms with van der Waals surface area (Å²) >= 11 is 0. The van der Waals surface area contributed by atoms with Crippen molar-refractivity contribution in [3.8, 4) is 0 Å². The van der Waals surface area contributed by atoms with Gasteiger partial charge in [-0.3, -0.25) is 14.5 Å². The summed E-state index contributed by atoms with van der Waals surface area (Å²) < 4.78 is 22.1. The molecule has 1 aromatic rings. The zero-order valence-corrected chi connectivity index (χ0v) is 36.3. The quantitative estimate of drug-likeness (QED) is 0.0445. The van der Waals surface area contributed by atoms with Crippen molar-refractivity contribution in [1.82, 2.24) is 9.80 Å². The summed E-state index contributed by atoms with van der Waals surface area (Å²) in [4.78, 5) is 53.8. The molecule has 1 aromatic carbocycles. The third-order valence-electron chi connectivity index (χ3n) is 8.99. The molecule has 0 aromatic heterocycles. The van der Waals surface area contributed by atoms with E-state index in [1.165, 1.54) is 0 Å². The van der Waals surface area contributed by atoms with Gasteiger partial charge in [0.1, 0.15) is 24.4 Å². The number of rotatable bonds is 25. The molecule has 2 amide bonds. The second-order valence-corrected chi connectivity index (χ2v) is 17.5. The lowest BCUT2D eigenvalue weighted by atomic mass is 9.95. The maximum absolute atomic E-state index is 13.3. The molecule has 0 bridgehead atoms. The average molecular weight is 787 g/mol. The predicted octanol–water partition coefficient (Wildman–Crippen LogP) is 10.1. The summed E-state index contributed by atoms with van der Waals surface area (Å²) in [5.41, 5.74) is -1.31. The number of hydrogen-bond acceptors (Lipinski definition) is 9. The first-order valence-electron chi connectivity index (χ1n) is 20.4. The Bertz CT molecular complexity index is 1360. The fourth-order valence-electron chi connectivity index (χ4n) is 5.92. The van der Waals surface area contributed by atoms with Crippen LogP contribution in [0.1, 0.15) is 152 Å². The van der Waals surface area contributed by atoms with Crippen molar-refractivity contribution in [2.75, 3.05) is 26.3 Å². The van der Waals surface area contributed by atoms with Crippen molar-refractivity contribution in [1.29, 1.82) is 0 Å². The monoisotopic (exact) mass is 787 g/mol. The normalized spacial score (nSPS) is 12.5. The number of esters is 2. The smallest absolute Gasteiger partial charge is 0.410 e. The third kappa shape index (κ3) is 23.3. The fraction of sp³-hybridized carbons (Fsp3) is 0.689. The number of carbonyl (C=O) groups excluding carboxylic acids is 4. The van der Waals surface area contributed by atoms with Crippen LogP contribution in [-0.2, 0) is 35.1 Å². The van der Waals surface area contributed by atoms with Gasteiger partial charge in [0.15, 0.2) is 0 Å². The molecule has 0 radical (unpaired) electrons. The van der Waals surface area contributed by atoms with E-state index in [1.807, 2.05) is 99.6 Å². The molecule has 0 atom stereocenters. The van der Waals surface area contributed by atoms with Gasteiger partial charge in [-0.25, -0.2) is 9.59 Å². The SMILES string of the molecule is CC(C)(C)OC(=O)N(CCO)C(C)(C)CCC/C=C\CCCC(=O)OCCN(C(=O)OC(C)(C)C)C(C)(C)CCC/C=C\CCCC(=O)OCc1ccccc1. The molecule has 0 spiro atoms. The lowest BCUT2D eigenvalue weighted by molar-refractivity contribution is -0.145. The number of amides is 2. The first kappa shape index (κ1) is 50.2. The Morgan fingerprint density at radius 1 is 0.589 bits per heavy atom. The van der Waals surface area contributed by atoms with Gasteiger partial charge in [-0.2, -0.15) is 0 Å². The maximum Gasteiger partial charge on any atom is 0.410 e. The van der Waals surface area contributed by atoms with Gasteiger partial charge in [0.25, 0.3) is 0 Å². The molecule has 0 saturated carbocycles. The largest absolute Gasteiger partial charge is 0.464 e. The Hall–Kier alpha value is -3.86. The summed E-state index contributed by atoms with van der Waals surface area (Å²) in [5.74, 6) is -0.498. The van der Waals surface area contributed by atoms with Crippen LogP contribution in [-0.4, -0.2) is 87.6 Å². The summed E-state index contributed by atoms with van der Waals surface area (Å²) in [6.45, 7) is 19.6. The highest BCUT2D eigenvalue weighted by Crippen LogP contribution is 2.26. The van der Waals surface area contributed by atoms with Crippen molar-refractivity contribution in [3.05, 3.63) is 60.2 Å². The lowest BCUT2D eigenvalue weighted by Crippen LogP contribution is -2.51. The van der Waals surface area contributed by atoms with Gasteiger partial charge in [-0.05, 0) is 139 Å². The zero-order chi connectivity index (χ0) is 42.3. The van der Waals surface area contributed by atoms with E-state index in [0.29, 0.717) is 19.4 Å². The van der Waals surface area contributed by atoms with Gasteiger partial charge in [-0.15, -0.1) is 0 Å². The van der Waals surface area contributed by atoms with Gasteiger partial charge in [0.2, 0.25) is 0 Å². The summed E-state index contributed by atoms with van der Waals surface area (Å²) in [6.07, 6.45) is 15.9. The van der Waals surface area contributed by atoms with E-state index < -0.39 is 34.5 Å². The molecular formula is C45H74N2O9. The number of nitrogens with zero attached hydrogens (tertiary/aromatic N) is 2. The van der Waals surface area contributed by atoms with Crippen LogP contribution in [0.15, 0.2) is 54.6 Å². The third-order valence-corrected chi connectivity index (χ3v) is 8.99. The van der Waals surface area contributed by atoms with Crippen LogP contribution in [0.25, 0.3) is 0 Å². The van der Waals surface area contributed by atoms with Crippen molar-refractivity contribution in [3.63, 3.8) is 0 Å². The Kier molecular flexibility index (Phi) is 22.8. The van der Waals surface area contributed by atoms with Crippen LogP contribution in [0.5, 0.6) is 0 Å². The minimum atomic E-state index is -0.664. The minimum absolute atomic E-state index is 0.0808. The fourth-order valence-corrected chi connectivity index (χ4v) is 5.92. The van der Waals surface area contributed by atoms with E-state index in [4.69, 9.17) is 18.9 Å². The van der Waals surface area contributed by atoms with E-state index in [9.17, 15) is 24.3 Å². The van der Waals surface area contributed by atoms with Crippen molar-refractivity contribution >= 4 is 24.1 Å². The van der Waals surface area contributed by atoms with E-state index in [0.717, 1.165) is 63.4 Å². The number of aliphatic hydroxyl groups is 1. The molecule has 1 rings (SSSR count). The van der Waals surface area contributed by atoms with Gasteiger partial charge < -0.3 is 29.0 Å². The van der Waals surface area contributed by atoms with Gasteiger partial charge in [0.05, 0.1) is 13.2 Å². The summed E-state index contributed by atoms with van der Waals surface area (Å²) in [5, 5.41) is 9.52. The van der Waals surface area contributed by atoms with Crippen LogP contribution in [0, 0.1) is 0 Å². The highest BCUT2D eigenvalue weighted by Gasteiger charge is 2.34. The molecule has 1 N–H and O–H groups in total. The highest BCUT2D eigenvalue weighted by molar-refractivity contribution is 5.71. The van der Waals surface area contributed by atoms with Crippen LogP contribution < -0.4 is 0 Å². The first-order chi connectivity index (χ1) is 26.2. The first-order valence-corrected chi connectivity index (χ1v) is 20.4. The molecule has 0 saturated heterocycles. The molecule has 56 heavy (non-hydrogen) atoms. The number of carbonyl (C=O) groups is 4. The molecular weight excluding hydrogens is 712 g/mol. The van der Waals surface area contributed by atoms with E-state index in [2.05, 4.69) is 24.3 Å². The summed E-state index contributed by atoms with van der Waals surface area (Å²) in [7, 11) is 0. The second-order valence-electron chi connectivity index (χ2n) is 17.5. The number of benzene rings is 1. The topological polar surface area (TPSA) is 132 Å². The molecule has 318 valence electrons. The number of ether oxygens (including phenoxy) is 4. The number of allylic oxidation sites excluding steroid dienone is 4. The number of hydrogen-bond donors (Lipinski definition) is 1. The molecule has 0 aliphatic carbocycles. The Morgan fingerprint density at radius 3 is 1.43 bits per heavy atom. The number of β-amino-alcohol motifs (C(OH)–C–C–N with tert-alkyl or cyclic N) is 1. The van der Waals surface area contributed by atoms with Crippen molar-refractivity contribution in [2.24, 2.45) is 0 Å². The zero-order valence-electron chi connectivity index (χ0n) is 36.3. The number of unbranched alkanes of at least 4 members (excludes halogenated alkanes) is 4. The molecule has 0 fully saturated rings. The minimum Gasteiger partial charge on any atom is -0.464 e. The van der Waals surface area contributed by atoms with E-state index in [-0.39, 0.29) is 44.7 Å². The maximum atomic E-state index is 13.3. The highest BCUT2D eigenvalue weighted by atomic mass is 16.6.